The van der Waals surface area contributed by atoms with Gasteiger partial charge in [-0.2, -0.15) is 0 Å². The van der Waals surface area contributed by atoms with Gasteiger partial charge in [-0.1, -0.05) is 13.0 Å². The molecule has 1 atom stereocenters. The molecule has 5 nitrogen and oxygen atoms in total. The molecule has 0 aliphatic carbocycles. The van der Waals surface area contributed by atoms with Crippen LogP contribution in [0.4, 0.5) is 4.39 Å². The number of fused-ring (bicyclic) bond motifs is 1. The fourth-order valence-corrected chi connectivity index (χ4v) is 3.23. The first-order valence-corrected chi connectivity index (χ1v) is 8.52. The summed E-state index contributed by atoms with van der Waals surface area (Å²) >= 11 is 0. The van der Waals surface area contributed by atoms with Crippen molar-refractivity contribution in [1.29, 1.82) is 0 Å². The highest BCUT2D eigenvalue weighted by Gasteiger charge is 2.19. The third-order valence-electron chi connectivity index (χ3n) is 4.60. The standard InChI is InChI=1S/C18H24FN3O2/c1-2-14(22-6-8-24-9-7-22)12-20-11-13-10-17(23)15-4-3-5-16(19)18(15)21-13/h3-5,10,14,20H,2,6-9,11-12H2,1H3,(H,21,23)/t14-/m0/s1. The van der Waals surface area contributed by atoms with Gasteiger partial charge in [0, 0.05) is 49.4 Å². The van der Waals surface area contributed by atoms with Crippen molar-refractivity contribution in [3.63, 3.8) is 0 Å². The van der Waals surface area contributed by atoms with Crippen LogP contribution >= 0.6 is 0 Å². The second-order valence-corrected chi connectivity index (χ2v) is 6.16. The first-order valence-electron chi connectivity index (χ1n) is 8.52. The van der Waals surface area contributed by atoms with Crippen molar-refractivity contribution < 1.29 is 9.13 Å². The molecule has 3 rings (SSSR count). The van der Waals surface area contributed by atoms with E-state index in [4.69, 9.17) is 4.74 Å². The SMILES string of the molecule is CC[C@@H](CNCc1cc(=O)c2cccc(F)c2[nH]1)N1CCOCC1. The van der Waals surface area contributed by atoms with Gasteiger partial charge < -0.3 is 15.0 Å². The molecule has 24 heavy (non-hydrogen) atoms. The molecule has 0 radical (unpaired) electrons. The molecule has 1 aliphatic rings. The Morgan fingerprint density at radius 3 is 2.92 bits per heavy atom. The van der Waals surface area contributed by atoms with Crippen LogP contribution in [-0.4, -0.2) is 48.8 Å². The monoisotopic (exact) mass is 333 g/mol. The fourth-order valence-electron chi connectivity index (χ4n) is 3.23. The minimum absolute atomic E-state index is 0.153. The summed E-state index contributed by atoms with van der Waals surface area (Å²) in [6.07, 6.45) is 1.05. The molecule has 1 fully saturated rings. The van der Waals surface area contributed by atoms with Crippen LogP contribution in [0.5, 0.6) is 0 Å². The van der Waals surface area contributed by atoms with E-state index in [1.54, 1.807) is 18.2 Å². The van der Waals surface area contributed by atoms with Crippen molar-refractivity contribution in [1.82, 2.24) is 15.2 Å². The number of aromatic amines is 1. The smallest absolute Gasteiger partial charge is 0.189 e. The first-order chi connectivity index (χ1) is 11.7. The van der Waals surface area contributed by atoms with E-state index in [1.807, 2.05) is 0 Å². The number of para-hydroxylation sites is 1. The molecule has 130 valence electrons. The molecule has 0 spiro atoms. The van der Waals surface area contributed by atoms with Crippen molar-refractivity contribution in [2.45, 2.75) is 25.9 Å². The molecule has 0 bridgehead atoms. The number of hydrogen-bond acceptors (Lipinski definition) is 4. The van der Waals surface area contributed by atoms with Crippen molar-refractivity contribution in [3.8, 4) is 0 Å². The highest BCUT2D eigenvalue weighted by atomic mass is 19.1. The molecule has 1 aliphatic heterocycles. The van der Waals surface area contributed by atoms with Gasteiger partial charge in [0.15, 0.2) is 5.43 Å². The summed E-state index contributed by atoms with van der Waals surface area (Å²) in [5, 5.41) is 3.77. The average Bonchev–Trinajstić information content (AvgIpc) is 2.60. The van der Waals surface area contributed by atoms with Crippen molar-refractivity contribution >= 4 is 10.9 Å². The largest absolute Gasteiger partial charge is 0.379 e. The number of nitrogens with one attached hydrogen (secondary N) is 2. The predicted octanol–water partition coefficient (Wildman–Crippen LogP) is 1.87. The maximum absolute atomic E-state index is 13.9. The summed E-state index contributed by atoms with van der Waals surface area (Å²) < 4.78 is 19.3. The Hall–Kier alpha value is -1.76. The van der Waals surface area contributed by atoms with Gasteiger partial charge in [-0.3, -0.25) is 9.69 Å². The molecular formula is C18H24FN3O2. The van der Waals surface area contributed by atoms with Crippen LogP contribution < -0.4 is 10.7 Å². The van der Waals surface area contributed by atoms with Crippen molar-refractivity contribution in [3.05, 3.63) is 46.0 Å². The number of rotatable bonds is 6. The Labute approximate surface area is 140 Å². The quantitative estimate of drug-likeness (QED) is 0.847. The lowest BCUT2D eigenvalue weighted by Gasteiger charge is -2.34. The van der Waals surface area contributed by atoms with Gasteiger partial charge in [0.05, 0.1) is 18.7 Å². The van der Waals surface area contributed by atoms with Crippen molar-refractivity contribution in [2.24, 2.45) is 0 Å². The zero-order valence-corrected chi connectivity index (χ0v) is 14.0. The lowest BCUT2D eigenvalue weighted by Crippen LogP contribution is -2.47. The Bertz CT molecular complexity index is 741. The maximum atomic E-state index is 13.9. The van der Waals surface area contributed by atoms with E-state index >= 15 is 0 Å². The van der Waals surface area contributed by atoms with E-state index in [2.05, 4.69) is 22.1 Å². The average molecular weight is 333 g/mol. The first kappa shape index (κ1) is 17.1. The Morgan fingerprint density at radius 1 is 1.38 bits per heavy atom. The number of nitrogens with zero attached hydrogens (tertiary/aromatic N) is 1. The molecule has 0 unspecified atom stereocenters. The summed E-state index contributed by atoms with van der Waals surface area (Å²) in [6.45, 7) is 7.00. The normalized spacial score (nSPS) is 17.2. The van der Waals surface area contributed by atoms with E-state index in [0.29, 0.717) is 23.7 Å². The van der Waals surface area contributed by atoms with Gasteiger partial charge in [0.1, 0.15) is 5.82 Å². The van der Waals surface area contributed by atoms with E-state index in [1.165, 1.54) is 6.07 Å². The minimum atomic E-state index is -0.397. The number of benzene rings is 1. The van der Waals surface area contributed by atoms with Gasteiger partial charge in [-0.05, 0) is 18.6 Å². The van der Waals surface area contributed by atoms with E-state index in [0.717, 1.165) is 39.3 Å². The van der Waals surface area contributed by atoms with Gasteiger partial charge in [0.25, 0.3) is 0 Å². The predicted molar refractivity (Wildman–Crippen MR) is 92.7 cm³/mol. The zero-order valence-electron chi connectivity index (χ0n) is 14.0. The highest BCUT2D eigenvalue weighted by molar-refractivity contribution is 5.78. The highest BCUT2D eigenvalue weighted by Crippen LogP contribution is 2.12. The number of pyridine rings is 1. The van der Waals surface area contributed by atoms with Crippen LogP contribution in [-0.2, 0) is 11.3 Å². The molecule has 2 heterocycles. The maximum Gasteiger partial charge on any atom is 0.189 e. The van der Waals surface area contributed by atoms with Crippen LogP contribution in [0.25, 0.3) is 10.9 Å². The number of hydrogen-bond donors (Lipinski definition) is 2. The van der Waals surface area contributed by atoms with Gasteiger partial charge in [0.2, 0.25) is 0 Å². The topological polar surface area (TPSA) is 57.4 Å². The molecule has 1 aromatic heterocycles. The molecule has 0 saturated carbocycles. The molecule has 1 aromatic carbocycles. The Kier molecular flexibility index (Phi) is 5.60. The van der Waals surface area contributed by atoms with Gasteiger partial charge >= 0.3 is 0 Å². The number of ether oxygens (including phenoxy) is 1. The molecule has 6 heteroatoms. The zero-order chi connectivity index (χ0) is 16.9. The summed E-state index contributed by atoms with van der Waals surface area (Å²) in [7, 11) is 0. The summed E-state index contributed by atoms with van der Waals surface area (Å²) in [6, 6.07) is 6.54. The summed E-state index contributed by atoms with van der Waals surface area (Å²) in [5.74, 6) is -0.397. The molecule has 2 aromatic rings. The lowest BCUT2D eigenvalue weighted by molar-refractivity contribution is 0.0158. The van der Waals surface area contributed by atoms with Crippen LogP contribution in [0.1, 0.15) is 19.0 Å². The summed E-state index contributed by atoms with van der Waals surface area (Å²) in [5.41, 5.74) is 0.830. The second kappa shape index (κ2) is 7.88. The van der Waals surface area contributed by atoms with Crippen LogP contribution in [0.3, 0.4) is 0 Å². The molecule has 0 amide bonds. The number of halogens is 1. The van der Waals surface area contributed by atoms with Crippen LogP contribution in [0.2, 0.25) is 0 Å². The van der Waals surface area contributed by atoms with E-state index in [9.17, 15) is 9.18 Å². The number of H-pyrrole nitrogens is 1. The molecule has 1 saturated heterocycles. The second-order valence-electron chi connectivity index (χ2n) is 6.16. The molecular weight excluding hydrogens is 309 g/mol. The van der Waals surface area contributed by atoms with Crippen LogP contribution in [0.15, 0.2) is 29.1 Å². The Balaban J connectivity index is 1.65. The minimum Gasteiger partial charge on any atom is -0.379 e. The van der Waals surface area contributed by atoms with Crippen LogP contribution in [0, 0.1) is 5.82 Å². The van der Waals surface area contributed by atoms with E-state index < -0.39 is 5.82 Å². The number of morpholine rings is 1. The fraction of sp³-hybridized carbons (Fsp3) is 0.500. The lowest BCUT2D eigenvalue weighted by atomic mass is 10.1. The molecule has 2 N–H and O–H groups in total. The number of aromatic nitrogens is 1. The van der Waals surface area contributed by atoms with E-state index in [-0.39, 0.29) is 10.9 Å². The van der Waals surface area contributed by atoms with Crippen molar-refractivity contribution in [2.75, 3.05) is 32.8 Å². The van der Waals surface area contributed by atoms with Gasteiger partial charge in [-0.15, -0.1) is 0 Å². The Morgan fingerprint density at radius 2 is 2.17 bits per heavy atom. The van der Waals surface area contributed by atoms with Gasteiger partial charge in [-0.25, -0.2) is 4.39 Å². The third-order valence-corrected chi connectivity index (χ3v) is 4.60. The summed E-state index contributed by atoms with van der Waals surface area (Å²) in [4.78, 5) is 17.6. The third kappa shape index (κ3) is 3.83.